The van der Waals surface area contributed by atoms with Crippen LogP contribution in [0.25, 0.3) is 0 Å². The van der Waals surface area contributed by atoms with Crippen LogP contribution in [0.15, 0.2) is 66.7 Å². The summed E-state index contributed by atoms with van der Waals surface area (Å²) in [5, 5.41) is 94.2. The highest BCUT2D eigenvalue weighted by atomic mass is 16.5. The van der Waals surface area contributed by atoms with E-state index in [1.807, 2.05) is 0 Å². The van der Waals surface area contributed by atoms with Crippen LogP contribution in [0.4, 0.5) is 0 Å². The Bertz CT molecular complexity index is 1650. The fourth-order valence-electron chi connectivity index (χ4n) is 5.51. The van der Waals surface area contributed by atoms with E-state index in [4.69, 9.17) is 9.47 Å². The van der Waals surface area contributed by atoms with Gasteiger partial charge >= 0.3 is 0 Å². The third kappa shape index (κ3) is 4.36. The molecule has 2 aliphatic heterocycles. The van der Waals surface area contributed by atoms with E-state index in [1.54, 1.807) is 0 Å². The number of phenolic OH excluding ortho intramolecular Hbond substituents is 6. The molecule has 6 atom stereocenters. The molecule has 9 N–H and O–H groups in total. The molecule has 41 heavy (non-hydrogen) atoms. The average Bonchev–Trinajstić information content (AvgIpc) is 2.94. The molecule has 212 valence electrons. The normalized spacial score (nSPS) is 25.0. The van der Waals surface area contributed by atoms with E-state index < -0.39 is 47.9 Å². The topological polar surface area (TPSA) is 201 Å². The third-order valence-corrected chi connectivity index (χ3v) is 7.59. The number of aromatic hydroxyl groups is 6. The minimum atomic E-state index is -1.50. The molecule has 4 aromatic rings. The first kappa shape index (κ1) is 26.4. The molecule has 6 rings (SSSR count). The number of aliphatic hydroxyl groups is 3. The standard InChI is InChI=1S/C30H26O11/c31-14-3-4-15-23(9-14)40-29(12-1-5-18(32)21(35)7-12)27(38)25(15)16-10-17-24(11-20(16)34)41-30(28(39)26(17)37)13-2-6-19(33)22(36)8-13/h1-11,25-39H/t25-,26+,27+,28+,29-,30-/m1/s1. The molecule has 0 spiro atoms. The minimum Gasteiger partial charge on any atom is -0.508 e. The molecule has 2 aliphatic rings. The number of benzene rings is 4. The zero-order valence-corrected chi connectivity index (χ0v) is 21.2. The summed E-state index contributed by atoms with van der Waals surface area (Å²) < 4.78 is 11.9. The molecule has 0 amide bonds. The van der Waals surface area contributed by atoms with Crippen LogP contribution < -0.4 is 9.47 Å². The predicted octanol–water partition coefficient (Wildman–Crippen LogP) is 3.07. The Morgan fingerprint density at radius 1 is 0.463 bits per heavy atom. The van der Waals surface area contributed by atoms with Crippen molar-refractivity contribution < 1.29 is 55.4 Å². The lowest BCUT2D eigenvalue weighted by molar-refractivity contribution is -0.0702. The summed E-state index contributed by atoms with van der Waals surface area (Å²) in [6.45, 7) is 0. The van der Waals surface area contributed by atoms with Gasteiger partial charge in [-0.3, -0.25) is 0 Å². The number of hydrogen-bond donors (Lipinski definition) is 9. The highest BCUT2D eigenvalue weighted by molar-refractivity contribution is 5.57. The van der Waals surface area contributed by atoms with E-state index in [2.05, 4.69) is 0 Å². The highest BCUT2D eigenvalue weighted by Crippen LogP contribution is 2.52. The Kier molecular flexibility index (Phi) is 6.22. The number of ether oxygens (including phenoxy) is 2. The molecule has 11 nitrogen and oxygen atoms in total. The van der Waals surface area contributed by atoms with Crippen molar-refractivity contribution in [1.82, 2.24) is 0 Å². The Balaban J connectivity index is 1.44. The molecular weight excluding hydrogens is 536 g/mol. The van der Waals surface area contributed by atoms with Crippen LogP contribution in [0, 0.1) is 0 Å². The first-order chi connectivity index (χ1) is 19.5. The van der Waals surface area contributed by atoms with Crippen LogP contribution in [-0.4, -0.2) is 58.2 Å². The maximum atomic E-state index is 11.6. The lowest BCUT2D eigenvalue weighted by atomic mass is 9.78. The van der Waals surface area contributed by atoms with Crippen LogP contribution in [0.1, 0.15) is 52.0 Å². The van der Waals surface area contributed by atoms with Gasteiger partial charge in [-0.25, -0.2) is 0 Å². The van der Waals surface area contributed by atoms with E-state index in [0.717, 1.165) is 0 Å². The number of aliphatic hydroxyl groups excluding tert-OH is 3. The summed E-state index contributed by atoms with van der Waals surface area (Å²) in [5.74, 6) is -2.75. The molecule has 0 unspecified atom stereocenters. The van der Waals surface area contributed by atoms with Crippen LogP contribution in [-0.2, 0) is 0 Å². The zero-order valence-electron chi connectivity index (χ0n) is 21.2. The van der Waals surface area contributed by atoms with Gasteiger partial charge in [-0.15, -0.1) is 0 Å². The SMILES string of the molecule is Oc1ccc2c(c1)O[C@H](c1ccc(O)c(O)c1)[C@@H](O)[C@H]2c1cc2c(cc1O)O[C@H](c1ccc(O)c(O)c1)[C@@H](O)[C@H]2O. The van der Waals surface area contributed by atoms with Gasteiger partial charge in [0.1, 0.15) is 41.3 Å². The molecule has 0 aliphatic carbocycles. The second kappa shape index (κ2) is 9.66. The van der Waals surface area contributed by atoms with Gasteiger partial charge in [-0.1, -0.05) is 18.2 Å². The fraction of sp³-hybridized carbons (Fsp3) is 0.200. The van der Waals surface area contributed by atoms with E-state index in [0.29, 0.717) is 11.1 Å². The third-order valence-electron chi connectivity index (χ3n) is 7.59. The maximum Gasteiger partial charge on any atom is 0.157 e. The minimum absolute atomic E-state index is 0.0501. The van der Waals surface area contributed by atoms with Gasteiger partial charge < -0.3 is 55.4 Å². The summed E-state index contributed by atoms with van der Waals surface area (Å²) in [6.07, 6.45) is -6.60. The molecular formula is C30H26O11. The van der Waals surface area contributed by atoms with Crippen molar-refractivity contribution in [1.29, 1.82) is 0 Å². The van der Waals surface area contributed by atoms with Gasteiger partial charge in [0, 0.05) is 34.7 Å². The zero-order chi connectivity index (χ0) is 29.2. The van der Waals surface area contributed by atoms with E-state index >= 15 is 0 Å². The van der Waals surface area contributed by atoms with Crippen LogP contribution >= 0.6 is 0 Å². The second-order valence-corrected chi connectivity index (χ2v) is 10.1. The summed E-state index contributed by atoms with van der Waals surface area (Å²) in [5.41, 5.74) is 1.28. The van der Waals surface area contributed by atoms with Crippen LogP contribution in [0.5, 0.6) is 46.0 Å². The molecule has 0 fully saturated rings. The van der Waals surface area contributed by atoms with Gasteiger partial charge in [0.05, 0.1) is 0 Å². The van der Waals surface area contributed by atoms with Crippen molar-refractivity contribution in [3.63, 3.8) is 0 Å². The van der Waals surface area contributed by atoms with Gasteiger partial charge in [0.15, 0.2) is 35.2 Å². The lowest BCUT2D eigenvalue weighted by Gasteiger charge is -2.39. The predicted molar refractivity (Wildman–Crippen MR) is 141 cm³/mol. The Morgan fingerprint density at radius 2 is 1.02 bits per heavy atom. The maximum absolute atomic E-state index is 11.6. The van der Waals surface area contributed by atoms with Crippen molar-refractivity contribution in [3.05, 3.63) is 94.5 Å². The number of rotatable bonds is 3. The first-order valence-corrected chi connectivity index (χ1v) is 12.6. The van der Waals surface area contributed by atoms with Crippen molar-refractivity contribution in [3.8, 4) is 46.0 Å². The monoisotopic (exact) mass is 562 g/mol. The van der Waals surface area contributed by atoms with Crippen LogP contribution in [0.3, 0.4) is 0 Å². The van der Waals surface area contributed by atoms with Crippen molar-refractivity contribution in [2.75, 3.05) is 0 Å². The van der Waals surface area contributed by atoms with Gasteiger partial charge in [0.2, 0.25) is 0 Å². The Labute approximate surface area is 232 Å². The second-order valence-electron chi connectivity index (χ2n) is 10.1. The molecule has 11 heteroatoms. The van der Waals surface area contributed by atoms with Gasteiger partial charge in [0.25, 0.3) is 0 Å². The van der Waals surface area contributed by atoms with E-state index in [1.165, 1.54) is 66.7 Å². The molecule has 0 bridgehead atoms. The number of phenols is 6. The summed E-state index contributed by atoms with van der Waals surface area (Å²) in [4.78, 5) is 0. The van der Waals surface area contributed by atoms with Gasteiger partial charge in [-0.05, 0) is 47.5 Å². The van der Waals surface area contributed by atoms with Crippen LogP contribution in [0.2, 0.25) is 0 Å². The lowest BCUT2D eigenvalue weighted by Crippen LogP contribution is -2.36. The molecule has 0 aromatic heterocycles. The fourth-order valence-corrected chi connectivity index (χ4v) is 5.51. The number of fused-ring (bicyclic) bond motifs is 2. The largest absolute Gasteiger partial charge is 0.508 e. The van der Waals surface area contributed by atoms with E-state index in [-0.39, 0.29) is 51.2 Å². The number of hydrogen-bond acceptors (Lipinski definition) is 11. The van der Waals surface area contributed by atoms with Crippen molar-refractivity contribution in [2.24, 2.45) is 0 Å². The van der Waals surface area contributed by atoms with Gasteiger partial charge in [-0.2, -0.15) is 0 Å². The first-order valence-electron chi connectivity index (χ1n) is 12.6. The smallest absolute Gasteiger partial charge is 0.157 e. The summed E-state index contributed by atoms with van der Waals surface area (Å²) >= 11 is 0. The van der Waals surface area contributed by atoms with Crippen molar-refractivity contribution >= 4 is 0 Å². The average molecular weight is 563 g/mol. The Morgan fingerprint density at radius 3 is 1.61 bits per heavy atom. The molecule has 4 aromatic carbocycles. The van der Waals surface area contributed by atoms with Crippen molar-refractivity contribution in [2.45, 2.75) is 36.4 Å². The summed E-state index contributed by atoms with van der Waals surface area (Å²) in [6, 6.07) is 14.7. The Hall–Kier alpha value is -4.84. The van der Waals surface area contributed by atoms with E-state index in [9.17, 15) is 46.0 Å². The molecule has 0 radical (unpaired) electrons. The quantitative estimate of drug-likeness (QED) is 0.166. The molecule has 0 saturated heterocycles. The molecule has 0 saturated carbocycles. The summed E-state index contributed by atoms with van der Waals surface area (Å²) in [7, 11) is 0. The highest BCUT2D eigenvalue weighted by Gasteiger charge is 2.43. The molecule has 2 heterocycles.